The molecule has 2 amide bonds. The average molecular weight is 320 g/mol. The summed E-state index contributed by atoms with van der Waals surface area (Å²) >= 11 is 1.55. The molecule has 2 rings (SSSR count). The van der Waals surface area contributed by atoms with Crippen molar-refractivity contribution in [2.24, 2.45) is 0 Å². The van der Waals surface area contributed by atoms with Crippen molar-refractivity contribution in [3.63, 3.8) is 0 Å². The standard InChI is InChI=1S/C16H20N2O3S/c1-3-6-17-15(19)12-5-4-11(2)13(9-12)18-16(20)14-10-22-8-7-21-14/h4-5,9-10H,3,6-8H2,1-2H3,(H,17,19)(H,18,20). The molecule has 0 fully saturated rings. The van der Waals surface area contributed by atoms with E-state index < -0.39 is 0 Å². The molecular weight excluding hydrogens is 300 g/mol. The Labute approximate surface area is 134 Å². The summed E-state index contributed by atoms with van der Waals surface area (Å²) in [6.07, 6.45) is 0.879. The number of nitrogens with one attached hydrogen (secondary N) is 2. The van der Waals surface area contributed by atoms with Gasteiger partial charge in [0.05, 0.1) is 6.61 Å². The van der Waals surface area contributed by atoms with Gasteiger partial charge in [-0.2, -0.15) is 0 Å². The third-order valence-electron chi connectivity index (χ3n) is 3.16. The van der Waals surface area contributed by atoms with E-state index in [1.54, 1.807) is 29.3 Å². The van der Waals surface area contributed by atoms with Gasteiger partial charge in [-0.25, -0.2) is 0 Å². The predicted molar refractivity (Wildman–Crippen MR) is 88.9 cm³/mol. The highest BCUT2D eigenvalue weighted by Crippen LogP contribution is 2.20. The van der Waals surface area contributed by atoms with Gasteiger partial charge < -0.3 is 15.4 Å². The fourth-order valence-corrected chi connectivity index (χ4v) is 2.53. The molecule has 1 aromatic rings. The molecule has 0 saturated heterocycles. The van der Waals surface area contributed by atoms with E-state index in [0.29, 0.717) is 30.2 Å². The first-order chi connectivity index (χ1) is 10.6. The number of benzene rings is 1. The monoisotopic (exact) mass is 320 g/mol. The highest BCUT2D eigenvalue weighted by atomic mass is 32.2. The molecule has 1 aliphatic rings. The molecule has 0 spiro atoms. The maximum absolute atomic E-state index is 12.2. The number of anilines is 1. The number of aryl methyl sites for hydroxylation is 1. The number of rotatable bonds is 5. The van der Waals surface area contributed by atoms with E-state index in [-0.39, 0.29) is 11.8 Å². The Hall–Kier alpha value is -1.95. The summed E-state index contributed by atoms with van der Waals surface area (Å²) in [5.74, 6) is 0.738. The minimum absolute atomic E-state index is 0.138. The van der Waals surface area contributed by atoms with Crippen LogP contribution in [0.5, 0.6) is 0 Å². The Balaban J connectivity index is 2.11. The fraction of sp³-hybridized carbons (Fsp3) is 0.375. The summed E-state index contributed by atoms with van der Waals surface area (Å²) in [5, 5.41) is 7.34. The molecule has 0 atom stereocenters. The number of carbonyl (C=O) groups is 2. The third-order valence-corrected chi connectivity index (χ3v) is 3.94. The summed E-state index contributed by atoms with van der Waals surface area (Å²) in [5.41, 5.74) is 2.04. The maximum Gasteiger partial charge on any atom is 0.291 e. The summed E-state index contributed by atoms with van der Waals surface area (Å²) < 4.78 is 5.33. The molecule has 5 nitrogen and oxygen atoms in total. The van der Waals surface area contributed by atoms with Crippen LogP contribution in [0.15, 0.2) is 29.4 Å². The van der Waals surface area contributed by atoms with Gasteiger partial charge >= 0.3 is 0 Å². The van der Waals surface area contributed by atoms with E-state index in [1.165, 1.54) is 0 Å². The van der Waals surface area contributed by atoms with Crippen LogP contribution in [-0.4, -0.2) is 30.7 Å². The Kier molecular flexibility index (Phi) is 5.89. The van der Waals surface area contributed by atoms with E-state index in [9.17, 15) is 9.59 Å². The van der Waals surface area contributed by atoms with Crippen LogP contribution in [0.2, 0.25) is 0 Å². The predicted octanol–water partition coefficient (Wildman–Crippen LogP) is 2.68. The van der Waals surface area contributed by atoms with Crippen LogP contribution >= 0.6 is 11.8 Å². The zero-order chi connectivity index (χ0) is 15.9. The number of hydrogen-bond acceptors (Lipinski definition) is 4. The second-order valence-electron chi connectivity index (χ2n) is 4.94. The lowest BCUT2D eigenvalue weighted by Crippen LogP contribution is -2.24. The van der Waals surface area contributed by atoms with Crippen molar-refractivity contribution in [3.8, 4) is 0 Å². The number of ether oxygens (including phenoxy) is 1. The topological polar surface area (TPSA) is 67.4 Å². The van der Waals surface area contributed by atoms with Crippen LogP contribution in [0, 0.1) is 6.92 Å². The minimum Gasteiger partial charge on any atom is -0.487 e. The first-order valence-corrected chi connectivity index (χ1v) is 8.31. The smallest absolute Gasteiger partial charge is 0.291 e. The summed E-state index contributed by atoms with van der Waals surface area (Å²) in [4.78, 5) is 24.1. The van der Waals surface area contributed by atoms with Crippen molar-refractivity contribution in [1.29, 1.82) is 0 Å². The Bertz CT molecular complexity index is 599. The minimum atomic E-state index is -0.290. The Morgan fingerprint density at radius 2 is 2.14 bits per heavy atom. The van der Waals surface area contributed by atoms with E-state index >= 15 is 0 Å². The summed E-state index contributed by atoms with van der Waals surface area (Å²) in [6.45, 7) is 5.04. The van der Waals surface area contributed by atoms with E-state index in [4.69, 9.17) is 4.74 Å². The van der Waals surface area contributed by atoms with Crippen LogP contribution in [-0.2, 0) is 9.53 Å². The van der Waals surface area contributed by atoms with Crippen LogP contribution in [0.25, 0.3) is 0 Å². The largest absolute Gasteiger partial charge is 0.487 e. The molecule has 1 aliphatic heterocycles. The lowest BCUT2D eigenvalue weighted by molar-refractivity contribution is -0.116. The van der Waals surface area contributed by atoms with Gasteiger partial charge in [-0.15, -0.1) is 11.8 Å². The van der Waals surface area contributed by atoms with Crippen LogP contribution in [0.3, 0.4) is 0 Å². The lowest BCUT2D eigenvalue weighted by Gasteiger charge is -2.15. The van der Waals surface area contributed by atoms with E-state index in [1.807, 2.05) is 19.9 Å². The zero-order valence-corrected chi connectivity index (χ0v) is 13.6. The molecular formula is C16H20N2O3S. The second kappa shape index (κ2) is 7.89. The number of thioether (sulfide) groups is 1. The average Bonchev–Trinajstić information content (AvgIpc) is 2.55. The highest BCUT2D eigenvalue weighted by Gasteiger charge is 2.16. The fourth-order valence-electron chi connectivity index (χ4n) is 1.91. The summed E-state index contributed by atoms with van der Waals surface area (Å²) in [6, 6.07) is 5.26. The molecule has 2 N–H and O–H groups in total. The van der Waals surface area contributed by atoms with Crippen LogP contribution < -0.4 is 10.6 Å². The Morgan fingerprint density at radius 3 is 2.82 bits per heavy atom. The molecule has 0 aliphatic carbocycles. The first kappa shape index (κ1) is 16.4. The van der Waals surface area contributed by atoms with Gasteiger partial charge in [0.1, 0.15) is 0 Å². The molecule has 0 aromatic heterocycles. The van der Waals surface area contributed by atoms with E-state index in [0.717, 1.165) is 17.7 Å². The number of carbonyl (C=O) groups excluding carboxylic acids is 2. The SMILES string of the molecule is CCCNC(=O)c1ccc(C)c(NC(=O)C2=CSCCO2)c1. The van der Waals surface area contributed by atoms with Crippen LogP contribution in [0.1, 0.15) is 29.3 Å². The van der Waals surface area contributed by atoms with Crippen molar-refractivity contribution < 1.29 is 14.3 Å². The summed E-state index contributed by atoms with van der Waals surface area (Å²) in [7, 11) is 0. The van der Waals surface area contributed by atoms with Gasteiger partial charge in [-0.1, -0.05) is 13.0 Å². The van der Waals surface area contributed by atoms with Gasteiger partial charge in [-0.05, 0) is 31.0 Å². The first-order valence-electron chi connectivity index (χ1n) is 7.26. The third kappa shape index (κ3) is 4.27. The van der Waals surface area contributed by atoms with Crippen LogP contribution in [0.4, 0.5) is 5.69 Å². The molecule has 118 valence electrons. The zero-order valence-electron chi connectivity index (χ0n) is 12.8. The van der Waals surface area contributed by atoms with Gasteiger partial charge in [0.2, 0.25) is 0 Å². The van der Waals surface area contributed by atoms with Gasteiger partial charge in [0.15, 0.2) is 5.76 Å². The second-order valence-corrected chi connectivity index (χ2v) is 5.92. The molecule has 6 heteroatoms. The van der Waals surface area contributed by atoms with Gasteiger partial charge in [0, 0.05) is 29.0 Å². The van der Waals surface area contributed by atoms with Crippen molar-refractivity contribution in [1.82, 2.24) is 5.32 Å². The normalized spacial score (nSPS) is 13.8. The van der Waals surface area contributed by atoms with Crippen molar-refractivity contribution in [2.45, 2.75) is 20.3 Å². The van der Waals surface area contributed by atoms with Crippen molar-refractivity contribution in [2.75, 3.05) is 24.2 Å². The Morgan fingerprint density at radius 1 is 1.32 bits per heavy atom. The molecule has 1 heterocycles. The van der Waals surface area contributed by atoms with E-state index in [2.05, 4.69) is 10.6 Å². The highest BCUT2D eigenvalue weighted by molar-refractivity contribution is 8.02. The number of hydrogen-bond donors (Lipinski definition) is 2. The van der Waals surface area contributed by atoms with Gasteiger partial charge in [-0.3, -0.25) is 9.59 Å². The maximum atomic E-state index is 12.2. The van der Waals surface area contributed by atoms with Gasteiger partial charge in [0.25, 0.3) is 11.8 Å². The molecule has 0 unspecified atom stereocenters. The quantitative estimate of drug-likeness (QED) is 0.875. The lowest BCUT2D eigenvalue weighted by atomic mass is 10.1. The number of amides is 2. The van der Waals surface area contributed by atoms with Crippen molar-refractivity contribution in [3.05, 3.63) is 40.5 Å². The molecule has 0 radical (unpaired) electrons. The molecule has 0 saturated carbocycles. The van der Waals surface area contributed by atoms with Crippen molar-refractivity contribution >= 4 is 29.3 Å². The molecule has 0 bridgehead atoms. The molecule has 1 aromatic carbocycles. The molecule has 22 heavy (non-hydrogen) atoms.